The fourth-order valence-corrected chi connectivity index (χ4v) is 2.04. The van der Waals surface area contributed by atoms with Crippen LogP contribution in [-0.2, 0) is 11.9 Å². The Hall–Kier alpha value is -1.95. The molecule has 0 aromatic heterocycles. The Bertz CT molecular complexity index is 634. The first-order valence-electron chi connectivity index (χ1n) is 5.80. The number of rotatable bonds is 5. The number of halogens is 2. The molecular weight excluding hydrogens is 329 g/mol. The number of nitro groups is 1. The molecular formula is C14H11BrFNO3. The van der Waals surface area contributed by atoms with Gasteiger partial charge in [0, 0.05) is 11.4 Å². The Morgan fingerprint density at radius 2 is 2.00 bits per heavy atom. The van der Waals surface area contributed by atoms with Crippen molar-refractivity contribution < 1.29 is 14.1 Å². The average molecular weight is 340 g/mol. The van der Waals surface area contributed by atoms with Crippen molar-refractivity contribution >= 4 is 21.6 Å². The molecule has 0 heterocycles. The molecule has 0 amide bonds. The van der Waals surface area contributed by atoms with Gasteiger partial charge >= 0.3 is 5.69 Å². The van der Waals surface area contributed by atoms with Gasteiger partial charge < -0.3 is 4.74 Å². The summed E-state index contributed by atoms with van der Waals surface area (Å²) < 4.78 is 18.5. The fraction of sp³-hybridized carbons (Fsp3) is 0.143. The highest BCUT2D eigenvalue weighted by atomic mass is 79.9. The Kier molecular flexibility index (Phi) is 4.68. The number of ether oxygens (including phenoxy) is 1. The van der Waals surface area contributed by atoms with Crippen LogP contribution in [0.4, 0.5) is 10.1 Å². The van der Waals surface area contributed by atoms with Crippen LogP contribution in [0.2, 0.25) is 0 Å². The average Bonchev–Trinajstić information content (AvgIpc) is 2.44. The maximum absolute atomic E-state index is 13.0. The summed E-state index contributed by atoms with van der Waals surface area (Å²) in [5.41, 5.74) is 1.37. The topological polar surface area (TPSA) is 52.4 Å². The number of benzene rings is 2. The predicted molar refractivity (Wildman–Crippen MR) is 76.5 cm³/mol. The van der Waals surface area contributed by atoms with Crippen molar-refractivity contribution in [1.29, 1.82) is 0 Å². The molecule has 2 aromatic rings. The second-order valence-electron chi connectivity index (χ2n) is 4.11. The zero-order valence-corrected chi connectivity index (χ0v) is 12.0. The monoisotopic (exact) mass is 339 g/mol. The molecule has 0 saturated carbocycles. The minimum atomic E-state index is -0.501. The second-order valence-corrected chi connectivity index (χ2v) is 4.67. The molecule has 0 N–H and O–H groups in total. The Morgan fingerprint density at radius 3 is 2.65 bits per heavy atom. The third-order valence-corrected chi connectivity index (χ3v) is 3.31. The van der Waals surface area contributed by atoms with Crippen molar-refractivity contribution in [3.05, 3.63) is 69.5 Å². The number of nitro benzene ring substituents is 1. The summed E-state index contributed by atoms with van der Waals surface area (Å²) in [6.07, 6.45) is 0. The largest absolute Gasteiger partial charge is 0.482 e. The molecule has 0 fully saturated rings. The molecule has 0 unspecified atom stereocenters. The molecule has 2 rings (SSSR count). The first kappa shape index (κ1) is 14.5. The lowest BCUT2D eigenvalue weighted by Crippen LogP contribution is -2.00. The summed E-state index contributed by atoms with van der Waals surface area (Å²) in [6.45, 7) is 0.0737. The lowest BCUT2D eigenvalue weighted by molar-refractivity contribution is -0.386. The smallest absolute Gasteiger partial charge is 0.310 e. The van der Waals surface area contributed by atoms with Crippen LogP contribution in [0.3, 0.4) is 0 Å². The molecule has 0 spiro atoms. The molecule has 2 aromatic carbocycles. The first-order valence-corrected chi connectivity index (χ1v) is 6.93. The van der Waals surface area contributed by atoms with Gasteiger partial charge in [-0.3, -0.25) is 10.1 Å². The van der Waals surface area contributed by atoms with E-state index < -0.39 is 4.92 Å². The summed E-state index contributed by atoms with van der Waals surface area (Å²) in [6, 6.07) is 10.6. The van der Waals surface area contributed by atoms with Gasteiger partial charge in [0.05, 0.1) is 4.92 Å². The molecule has 0 bridgehead atoms. The molecule has 104 valence electrons. The van der Waals surface area contributed by atoms with Crippen LogP contribution in [0, 0.1) is 15.9 Å². The molecule has 20 heavy (non-hydrogen) atoms. The summed E-state index contributed by atoms with van der Waals surface area (Å²) in [5.74, 6) is -0.189. The SMILES string of the molecule is O=[N+]([O-])c1ccc(CBr)cc1OCc1cccc(F)c1. The normalized spacial score (nSPS) is 10.3. The number of nitrogens with zero attached hydrogens (tertiary/aromatic N) is 1. The highest BCUT2D eigenvalue weighted by molar-refractivity contribution is 9.08. The number of hydrogen-bond donors (Lipinski definition) is 0. The van der Waals surface area contributed by atoms with E-state index in [4.69, 9.17) is 4.74 Å². The van der Waals surface area contributed by atoms with E-state index in [0.29, 0.717) is 10.9 Å². The van der Waals surface area contributed by atoms with Crippen LogP contribution in [-0.4, -0.2) is 4.92 Å². The molecule has 0 radical (unpaired) electrons. The zero-order valence-electron chi connectivity index (χ0n) is 10.4. The van der Waals surface area contributed by atoms with Gasteiger partial charge in [0.25, 0.3) is 0 Å². The quantitative estimate of drug-likeness (QED) is 0.465. The molecule has 0 aliphatic carbocycles. The third-order valence-electron chi connectivity index (χ3n) is 2.66. The van der Waals surface area contributed by atoms with Gasteiger partial charge in [-0.1, -0.05) is 34.1 Å². The highest BCUT2D eigenvalue weighted by Gasteiger charge is 2.15. The van der Waals surface area contributed by atoms with Gasteiger partial charge in [0.1, 0.15) is 12.4 Å². The van der Waals surface area contributed by atoms with E-state index in [1.165, 1.54) is 18.2 Å². The van der Waals surface area contributed by atoms with Gasteiger partial charge in [-0.05, 0) is 29.3 Å². The number of alkyl halides is 1. The lowest BCUT2D eigenvalue weighted by atomic mass is 10.2. The van der Waals surface area contributed by atoms with Crippen molar-refractivity contribution in [2.75, 3.05) is 0 Å². The summed E-state index contributed by atoms with van der Waals surface area (Å²) in [5, 5.41) is 11.5. The van der Waals surface area contributed by atoms with Gasteiger partial charge in [-0.2, -0.15) is 0 Å². The fourth-order valence-electron chi connectivity index (χ4n) is 1.70. The van der Waals surface area contributed by atoms with E-state index in [9.17, 15) is 14.5 Å². The molecule has 6 heteroatoms. The van der Waals surface area contributed by atoms with Crippen LogP contribution in [0.15, 0.2) is 42.5 Å². The Labute approximate surface area is 123 Å². The minimum Gasteiger partial charge on any atom is -0.482 e. The Balaban J connectivity index is 2.21. The molecule has 0 saturated heterocycles. The number of hydrogen-bond acceptors (Lipinski definition) is 3. The maximum atomic E-state index is 13.0. The van der Waals surface area contributed by atoms with Crippen LogP contribution in [0.1, 0.15) is 11.1 Å². The van der Waals surface area contributed by atoms with Crippen LogP contribution >= 0.6 is 15.9 Å². The van der Waals surface area contributed by atoms with Crippen molar-refractivity contribution in [2.45, 2.75) is 11.9 Å². The van der Waals surface area contributed by atoms with Crippen LogP contribution in [0.25, 0.3) is 0 Å². The summed E-state index contributed by atoms with van der Waals surface area (Å²) >= 11 is 3.28. The van der Waals surface area contributed by atoms with Gasteiger partial charge in [-0.25, -0.2) is 4.39 Å². The molecule has 0 aliphatic rings. The van der Waals surface area contributed by atoms with Crippen molar-refractivity contribution in [3.8, 4) is 5.75 Å². The van der Waals surface area contributed by atoms with Crippen LogP contribution < -0.4 is 4.74 Å². The van der Waals surface area contributed by atoms with E-state index in [1.807, 2.05) is 0 Å². The van der Waals surface area contributed by atoms with E-state index in [-0.39, 0.29) is 23.9 Å². The predicted octanol–water partition coefficient (Wildman–Crippen LogP) is 4.21. The minimum absolute atomic E-state index is 0.0737. The van der Waals surface area contributed by atoms with Gasteiger partial charge in [-0.15, -0.1) is 0 Å². The van der Waals surface area contributed by atoms with Gasteiger partial charge in [0.15, 0.2) is 5.75 Å². The highest BCUT2D eigenvalue weighted by Crippen LogP contribution is 2.29. The van der Waals surface area contributed by atoms with Crippen molar-refractivity contribution in [2.24, 2.45) is 0 Å². The standard InChI is InChI=1S/C14H11BrFNO3/c15-8-10-4-5-13(17(18)19)14(7-10)20-9-11-2-1-3-12(16)6-11/h1-7H,8-9H2. The molecule has 0 atom stereocenters. The first-order chi connectivity index (χ1) is 9.60. The van der Waals surface area contributed by atoms with E-state index in [1.54, 1.807) is 24.3 Å². The van der Waals surface area contributed by atoms with E-state index in [2.05, 4.69) is 15.9 Å². The molecule has 0 aliphatic heterocycles. The van der Waals surface area contributed by atoms with Crippen molar-refractivity contribution in [3.63, 3.8) is 0 Å². The van der Waals surface area contributed by atoms with E-state index >= 15 is 0 Å². The summed E-state index contributed by atoms with van der Waals surface area (Å²) in [7, 11) is 0. The van der Waals surface area contributed by atoms with Gasteiger partial charge in [0.2, 0.25) is 0 Å². The second kappa shape index (κ2) is 6.47. The lowest BCUT2D eigenvalue weighted by Gasteiger charge is -2.08. The van der Waals surface area contributed by atoms with Crippen molar-refractivity contribution in [1.82, 2.24) is 0 Å². The summed E-state index contributed by atoms with van der Waals surface area (Å²) in [4.78, 5) is 10.4. The maximum Gasteiger partial charge on any atom is 0.310 e. The zero-order chi connectivity index (χ0) is 14.5. The third kappa shape index (κ3) is 3.54. The Morgan fingerprint density at radius 1 is 1.20 bits per heavy atom. The molecule has 4 nitrogen and oxygen atoms in total. The van der Waals surface area contributed by atoms with E-state index in [0.717, 1.165) is 5.56 Å². The van der Waals surface area contributed by atoms with Crippen LogP contribution in [0.5, 0.6) is 5.75 Å².